The molecular weight excluding hydrogens is 711 g/mol. The van der Waals surface area contributed by atoms with Crippen LogP contribution in [0.25, 0.3) is 10.9 Å². The molecule has 2 saturated heterocycles. The molecule has 1 aliphatic carbocycles. The van der Waals surface area contributed by atoms with E-state index in [1.807, 2.05) is 62.6 Å². The highest BCUT2D eigenvalue weighted by atomic mass is 16.5. The number of carbonyl (C=O) groups excluding carboxylic acids is 2. The summed E-state index contributed by atoms with van der Waals surface area (Å²) in [4.78, 5) is 40.0. The minimum absolute atomic E-state index is 0.0454. The van der Waals surface area contributed by atoms with E-state index in [1.54, 1.807) is 7.11 Å². The van der Waals surface area contributed by atoms with E-state index in [9.17, 15) is 20.1 Å². The summed E-state index contributed by atoms with van der Waals surface area (Å²) >= 11 is 0. The number of aliphatic hydroxyl groups is 3. The van der Waals surface area contributed by atoms with Crippen LogP contribution in [0.5, 0.6) is 5.75 Å². The Kier molecular flexibility index (Phi) is 8.68. The molecule has 6 aliphatic rings. The third-order valence-corrected chi connectivity index (χ3v) is 14.9. The fraction of sp³-hybridized carbons (Fsp3) is 0.568. The van der Waals surface area contributed by atoms with E-state index < -0.39 is 51.3 Å². The molecule has 5 unspecified atom stereocenters. The van der Waals surface area contributed by atoms with Crippen LogP contribution in [-0.4, -0.2) is 132 Å². The number of fused-ring (bicyclic) bond motifs is 6. The number of H-pyrrole nitrogens is 1. The van der Waals surface area contributed by atoms with Crippen LogP contribution in [0.2, 0.25) is 0 Å². The first-order valence-corrected chi connectivity index (χ1v) is 20.3. The molecule has 2 bridgehead atoms. The summed E-state index contributed by atoms with van der Waals surface area (Å²) in [7, 11) is 4.93. The Balaban J connectivity index is 1.36. The van der Waals surface area contributed by atoms with Gasteiger partial charge in [0.2, 0.25) is 0 Å². The van der Waals surface area contributed by atoms with Gasteiger partial charge in [0.05, 0.1) is 25.9 Å². The van der Waals surface area contributed by atoms with Gasteiger partial charge in [0.15, 0.2) is 11.4 Å². The van der Waals surface area contributed by atoms with Crippen LogP contribution in [0.3, 0.4) is 0 Å². The van der Waals surface area contributed by atoms with Crippen molar-refractivity contribution in [2.45, 2.75) is 86.2 Å². The molecule has 12 heteroatoms. The van der Waals surface area contributed by atoms with Crippen LogP contribution in [0.4, 0.5) is 5.69 Å². The lowest BCUT2D eigenvalue weighted by atomic mass is 9.47. The zero-order valence-electron chi connectivity index (χ0n) is 33.2. The molecule has 10 atom stereocenters. The number of anilines is 1. The predicted molar refractivity (Wildman–Crippen MR) is 213 cm³/mol. The number of aromatic nitrogens is 1. The average Bonchev–Trinajstić information content (AvgIpc) is 3.84. The standard InChI is InChI=1S/C44H56N5O7/c1-6-41-14-9-17-49-19-15-42(36(41)49)29-20-30(33(55-4)21-32(29)47(3)37(42)44(54,38(41)51)34(50)12-16-45)43(39(52)56-5)23-26-22-40(2,53)25-48(24-26)18-13-28-27-10-7-8-11-31(27)46-35(28)43/h7-11,14,20-22,26,36-38,46,51,53-54H,6,12-13,15-19,23-25,45H2,1-5H3/t26?,36?,37?,38-,40+,41-,42?,43+,44+/m1/s1. The Hall–Kier alpha value is -3.78. The van der Waals surface area contributed by atoms with Gasteiger partial charge in [0.1, 0.15) is 17.3 Å². The minimum atomic E-state index is -2.15. The zero-order chi connectivity index (χ0) is 39.6. The van der Waals surface area contributed by atoms with E-state index in [4.69, 9.17) is 15.2 Å². The fourth-order valence-electron chi connectivity index (χ4n) is 13.1. The number of nitrogens with two attached hydrogens (primary N) is 1. The van der Waals surface area contributed by atoms with Gasteiger partial charge in [-0.05, 0) is 81.3 Å². The van der Waals surface area contributed by atoms with Crippen LogP contribution >= 0.6 is 0 Å². The first kappa shape index (κ1) is 37.8. The maximum absolute atomic E-state index is 15.2. The van der Waals surface area contributed by atoms with Gasteiger partial charge < -0.3 is 40.4 Å². The third kappa shape index (κ3) is 4.74. The average molecular weight is 767 g/mol. The molecule has 0 amide bonds. The number of esters is 1. The number of hydrogen-bond donors (Lipinski definition) is 5. The van der Waals surface area contributed by atoms with Crippen molar-refractivity contribution in [2.24, 2.45) is 17.1 Å². The van der Waals surface area contributed by atoms with Crippen molar-refractivity contribution in [3.63, 3.8) is 0 Å². The Morgan fingerprint density at radius 1 is 1.09 bits per heavy atom. The summed E-state index contributed by atoms with van der Waals surface area (Å²) < 4.78 is 12.2. The molecule has 6 N–H and O–H groups in total. The van der Waals surface area contributed by atoms with Gasteiger partial charge in [0, 0.05) is 90.4 Å². The van der Waals surface area contributed by atoms with Crippen LogP contribution in [0.1, 0.15) is 61.9 Å². The van der Waals surface area contributed by atoms with Gasteiger partial charge in [-0.2, -0.15) is 0 Å². The lowest BCUT2D eigenvalue weighted by Crippen LogP contribution is -2.80. The van der Waals surface area contributed by atoms with Crippen LogP contribution < -0.4 is 15.4 Å². The number of nitrogens with one attached hydrogen (secondary N) is 1. The lowest BCUT2D eigenvalue weighted by molar-refractivity contribution is -0.201. The number of methoxy groups -OCH3 is 2. The highest BCUT2D eigenvalue weighted by molar-refractivity contribution is 5.95. The number of ketones is 1. The van der Waals surface area contributed by atoms with Crippen molar-refractivity contribution in [1.29, 1.82) is 0 Å². The van der Waals surface area contributed by atoms with E-state index in [0.29, 0.717) is 69.7 Å². The molecule has 9 rings (SSSR count). The van der Waals surface area contributed by atoms with E-state index in [1.165, 1.54) is 7.11 Å². The van der Waals surface area contributed by atoms with E-state index in [-0.39, 0.29) is 24.9 Å². The summed E-state index contributed by atoms with van der Waals surface area (Å²) in [5.74, 6) is -0.649. The molecule has 1 radical (unpaired) electrons. The van der Waals surface area contributed by atoms with Crippen LogP contribution in [0, 0.1) is 17.8 Å². The van der Waals surface area contributed by atoms with Gasteiger partial charge in [-0.15, -0.1) is 0 Å². The molecular formula is C44H56N5O7. The summed E-state index contributed by atoms with van der Waals surface area (Å²) in [5.41, 5.74) is 4.56. The van der Waals surface area contributed by atoms with E-state index >= 15 is 4.79 Å². The fourth-order valence-corrected chi connectivity index (χ4v) is 13.1. The molecule has 3 fully saturated rings. The van der Waals surface area contributed by atoms with Gasteiger partial charge in [0.25, 0.3) is 0 Å². The third-order valence-electron chi connectivity index (χ3n) is 14.9. The highest BCUT2D eigenvalue weighted by Gasteiger charge is 2.78. The van der Waals surface area contributed by atoms with Crippen LogP contribution in [-0.2, 0) is 31.6 Å². The molecule has 6 heterocycles. The zero-order valence-corrected chi connectivity index (χ0v) is 33.2. The van der Waals surface area contributed by atoms with Crippen molar-refractivity contribution < 1.29 is 34.4 Å². The number of aromatic amines is 1. The number of aliphatic hydroxyl groups excluding tert-OH is 1. The molecule has 12 nitrogen and oxygen atoms in total. The SMILES string of the molecule is CC[C@]12C=CCN3CCC4(c5cc([C@@]6(C(=O)OC)CC7[CH][C@](C)(O)CN(CCc8c6[nH]c6ccccc86)C7)c(OC)cc5N(C)C4[C@@](O)(C(=O)CCN)[C@@H]1O)C32. The summed E-state index contributed by atoms with van der Waals surface area (Å²) in [6, 6.07) is 11.1. The van der Waals surface area contributed by atoms with Crippen molar-refractivity contribution in [2.75, 3.05) is 65.4 Å². The number of nitrogens with zero attached hydrogens (tertiary/aromatic N) is 3. The van der Waals surface area contributed by atoms with Gasteiger partial charge in [-0.3, -0.25) is 19.4 Å². The lowest BCUT2D eigenvalue weighted by Gasteiger charge is -2.63. The number of carbonyl (C=O) groups is 2. The second-order valence-corrected chi connectivity index (χ2v) is 17.7. The monoisotopic (exact) mass is 766 g/mol. The number of benzene rings is 2. The number of likely N-dealkylation sites (N-methyl/N-ethyl adjacent to an activating group) is 1. The maximum atomic E-state index is 15.2. The number of hydrogen-bond acceptors (Lipinski definition) is 11. The maximum Gasteiger partial charge on any atom is 0.322 e. The van der Waals surface area contributed by atoms with Crippen molar-refractivity contribution >= 4 is 28.3 Å². The molecule has 1 aromatic heterocycles. The van der Waals surface area contributed by atoms with Gasteiger partial charge in [-0.25, -0.2) is 0 Å². The molecule has 56 heavy (non-hydrogen) atoms. The second-order valence-electron chi connectivity index (χ2n) is 17.7. The number of rotatable bonds is 7. The van der Waals surface area contributed by atoms with Gasteiger partial charge >= 0.3 is 5.97 Å². The van der Waals surface area contributed by atoms with Crippen LogP contribution in [0.15, 0.2) is 48.6 Å². The molecule has 5 aliphatic heterocycles. The Bertz CT molecular complexity index is 2130. The number of Topliss-reactive ketones (excluding diaryl/α,β-unsaturated/α-hetero) is 1. The minimum Gasteiger partial charge on any atom is -0.496 e. The molecule has 3 aromatic rings. The Morgan fingerprint density at radius 2 is 1.88 bits per heavy atom. The summed E-state index contributed by atoms with van der Waals surface area (Å²) in [6.45, 7) is 7.14. The second kappa shape index (κ2) is 12.9. The predicted octanol–water partition coefficient (Wildman–Crippen LogP) is 2.59. The topological polar surface area (TPSA) is 165 Å². The molecule has 299 valence electrons. The largest absolute Gasteiger partial charge is 0.496 e. The Labute approximate surface area is 328 Å². The molecule has 1 saturated carbocycles. The summed E-state index contributed by atoms with van der Waals surface area (Å²) in [6.07, 6.45) is 6.69. The molecule has 2 aromatic carbocycles. The number of piperidine rings is 1. The number of ether oxygens (including phenoxy) is 2. The van der Waals surface area contributed by atoms with Gasteiger partial charge in [-0.1, -0.05) is 37.3 Å². The highest BCUT2D eigenvalue weighted by Crippen LogP contribution is 2.67. The first-order valence-electron chi connectivity index (χ1n) is 20.3. The smallest absolute Gasteiger partial charge is 0.322 e. The first-order chi connectivity index (χ1) is 26.8. The number of para-hydroxylation sites is 1. The summed E-state index contributed by atoms with van der Waals surface area (Å²) in [5, 5.41) is 38.2. The van der Waals surface area contributed by atoms with E-state index in [2.05, 4.69) is 33.0 Å². The van der Waals surface area contributed by atoms with E-state index in [0.717, 1.165) is 33.4 Å². The van der Waals surface area contributed by atoms with Crippen molar-refractivity contribution in [3.8, 4) is 5.75 Å². The quantitative estimate of drug-likeness (QED) is 0.178. The molecule has 1 spiro atoms. The normalized spacial score (nSPS) is 38.5. The van der Waals surface area contributed by atoms with Crippen molar-refractivity contribution in [1.82, 2.24) is 14.8 Å². The van der Waals surface area contributed by atoms with Crippen molar-refractivity contribution in [3.05, 3.63) is 77.4 Å². The Morgan fingerprint density at radius 3 is 2.61 bits per heavy atom.